The van der Waals surface area contributed by atoms with Crippen molar-refractivity contribution in [1.82, 2.24) is 60.0 Å². The molecule has 0 unspecified atom stereocenters. The van der Waals surface area contributed by atoms with Crippen LogP contribution in [0, 0.1) is 174 Å². The van der Waals surface area contributed by atoms with Crippen LogP contribution in [0.25, 0.3) is 22.1 Å². The van der Waals surface area contributed by atoms with Gasteiger partial charge in [0.1, 0.15) is 41.9 Å². The second-order valence-corrected chi connectivity index (χ2v) is 49.0. The van der Waals surface area contributed by atoms with Crippen molar-refractivity contribution >= 4 is 45.2 Å². The van der Waals surface area contributed by atoms with Crippen LogP contribution in [-0.4, -0.2) is 126 Å². The third-order valence-corrected chi connectivity index (χ3v) is 42.5. The van der Waals surface area contributed by atoms with E-state index in [2.05, 4.69) is 102 Å². The first-order valence-electron chi connectivity index (χ1n) is 50.6. The van der Waals surface area contributed by atoms with Gasteiger partial charge in [-0.15, -0.1) is 21.7 Å². The molecule has 126 heavy (non-hydrogen) atoms. The summed E-state index contributed by atoms with van der Waals surface area (Å²) in [5, 5.41) is 76.5. The van der Waals surface area contributed by atoms with E-state index in [-0.39, 0.29) is 51.9 Å². The maximum Gasteiger partial charge on any atom is 0.162 e. The minimum atomic E-state index is -0.476. The molecule has 4 heterocycles. The quantitative estimate of drug-likeness (QED) is 0.0829. The molecule has 0 aliphatic heterocycles. The van der Waals surface area contributed by atoms with Crippen molar-refractivity contribution in [3.8, 4) is 12.3 Å². The maximum absolute atomic E-state index is 13.6. The predicted octanol–water partition coefficient (Wildman–Crippen LogP) is 19.3. The van der Waals surface area contributed by atoms with Crippen LogP contribution in [0.5, 0.6) is 0 Å². The minimum absolute atomic E-state index is 0.119. The van der Waals surface area contributed by atoms with E-state index in [4.69, 9.17) is 6.42 Å². The molecule has 16 fully saturated rings. The highest BCUT2D eigenvalue weighted by molar-refractivity contribution is 5.85. The fourth-order valence-corrected chi connectivity index (χ4v) is 35.7. The topological polar surface area (TPSA) is 272 Å². The lowest BCUT2D eigenvalue weighted by atomic mass is 9.44. The fourth-order valence-electron chi connectivity index (χ4n) is 35.7. The van der Waals surface area contributed by atoms with Crippen LogP contribution in [0.15, 0.2) is 67.1 Å². The molecule has 0 radical (unpaired) electrons. The van der Waals surface area contributed by atoms with Crippen LogP contribution in [0.2, 0.25) is 0 Å². The van der Waals surface area contributed by atoms with Gasteiger partial charge < -0.3 is 20.4 Å². The molecule has 0 saturated heterocycles. The Morgan fingerprint density at radius 3 is 1.04 bits per heavy atom. The van der Waals surface area contributed by atoms with Crippen molar-refractivity contribution in [3.05, 3.63) is 72.8 Å². The van der Waals surface area contributed by atoms with Gasteiger partial charge in [0, 0.05) is 29.9 Å². The molecule has 20 nitrogen and oxygen atoms in total. The van der Waals surface area contributed by atoms with Crippen molar-refractivity contribution in [2.45, 2.75) is 363 Å². The van der Waals surface area contributed by atoms with Crippen LogP contribution >= 0.6 is 0 Å². The first kappa shape index (κ1) is 88.9. The molecule has 16 aliphatic carbocycles. The molecule has 2 aromatic carbocycles. The Balaban J connectivity index is 0.000000110. The zero-order valence-electron chi connectivity index (χ0n) is 78.5. The molecule has 22 rings (SSSR count). The number of ketones is 4. The number of carbonyl (C=O) groups is 4. The average Bonchev–Trinajstić information content (AvgIpc) is 1.44. The first-order chi connectivity index (χ1) is 59.8. The van der Waals surface area contributed by atoms with Crippen LogP contribution < -0.4 is 0 Å². The number of hydrogen-bond donors (Lipinski definition) is 4. The second-order valence-electron chi connectivity index (χ2n) is 49.0. The van der Waals surface area contributed by atoms with Crippen LogP contribution in [0.4, 0.5) is 0 Å². The van der Waals surface area contributed by atoms with Gasteiger partial charge in [0.25, 0.3) is 0 Å². The minimum Gasteiger partial charge on any atom is -0.390 e. The molecule has 0 amide bonds. The Kier molecular flexibility index (Phi) is 22.9. The van der Waals surface area contributed by atoms with Gasteiger partial charge in [0.2, 0.25) is 0 Å². The van der Waals surface area contributed by atoms with Crippen LogP contribution in [0.1, 0.15) is 320 Å². The smallest absolute Gasteiger partial charge is 0.162 e. The molecule has 4 N–H and O–H groups in total. The average molecular weight is 1720 g/mol. The molecule has 4 aromatic heterocycles. The number of aromatic nitrogens is 12. The zero-order chi connectivity index (χ0) is 88.5. The highest BCUT2D eigenvalue weighted by atomic mass is 16.3. The lowest BCUT2D eigenvalue weighted by Gasteiger charge is -2.61. The largest absolute Gasteiger partial charge is 0.390 e. The fraction of sp³-hybridized carbons (Fsp3) is 0.792. The molecule has 16 saturated carbocycles. The van der Waals surface area contributed by atoms with Gasteiger partial charge in [-0.05, 0) is 438 Å². The molecule has 0 spiro atoms. The lowest BCUT2D eigenvalue weighted by molar-refractivity contribution is -0.151. The second kappa shape index (κ2) is 32.5. The summed E-state index contributed by atoms with van der Waals surface area (Å²) in [5.74, 6) is 15.8. The zero-order valence-corrected chi connectivity index (χ0v) is 78.5. The van der Waals surface area contributed by atoms with E-state index < -0.39 is 22.4 Å². The van der Waals surface area contributed by atoms with Gasteiger partial charge in [0.15, 0.2) is 29.5 Å². The molecular weight excluding hydrogens is 1570 g/mol. The first-order valence-corrected chi connectivity index (χ1v) is 50.6. The highest BCUT2D eigenvalue weighted by Gasteiger charge is 2.68. The molecule has 32 atom stereocenters. The van der Waals surface area contributed by atoms with Crippen molar-refractivity contribution in [2.24, 2.45) is 162 Å². The number of hydrogen-bond acceptors (Lipinski definition) is 16. The third kappa shape index (κ3) is 15.4. The van der Waals surface area contributed by atoms with Crippen molar-refractivity contribution in [2.75, 3.05) is 0 Å². The number of aliphatic hydroxyl groups is 4. The van der Waals surface area contributed by atoms with Crippen LogP contribution in [0.3, 0.4) is 0 Å². The SMILES string of the molecule is C#Cc1ccn(CC(=O)[C@H]2CC[C@H]3[C@@H]4CC[C@H]5C[C@](C)(O)CC[C@]5(C)[C@H]4CC[C@]23C)n1.C[C@@]1(O)CC[C@@]2(C)[C@@H](CC[C@@H]3[C@@H]2CC[C@]2(C)[C@@H](C(=O)Cn4nc5ccccc5n4)CC[C@@H]32)C1.C[C@@]1(O)CC[C@@]2(C)[C@@H](CC[C@@H]3[C@@H]2CC[C@]2(C)[C@@H](C(=O)Cn4ncnn4)CC[C@@H]32)C1.C[C@@]1(O)CC[C@@]2(C)[C@@H](CC[C@@H]3[C@@H]2CC[C@]2(C)[C@@H](C(=O)Cn4nnc5ccccc54)CC[C@@H]32)C1. The standard InChI is InChI=1S/2C28H39N3O2.C27H38N2O2.C23H36N4O2/c1-26(33)14-15-27(2)18(16-26)8-9-19-20-10-11-22(28(20,3)13-12-21(19)27)25(32)17-31-24-7-5-4-6-23(24)29-30-31;1-26(33)14-15-27(2)18(16-26)8-9-19-20-10-11-22(28(20,3)13-12-21(19)27)25(32)17-31-29-23-6-4-5-7-24(23)30-31;1-5-19-11-15-29(28-19)17-24(30)23-9-8-21-20-7-6-18-16-25(2,31)13-14-26(18,3)22(20)10-12-27(21,23)4;1-21(29)10-11-22(2)15(12-21)4-5-16-17-6-7-19(23(17,3)9-8-18(16)22)20(28)13-27-25-14-24-26-27/h2*4-7,18-22,33H,8-17H2,1-3H3;1,11,15,18,20-23,31H,6-10,12-14,16-17H2,2-4H3;14-19,29H,4-13H2,1-3H3/t2*18-,19-,20-,21-,22+,26+,27-,28-;18-,20-,21-,22-,23+,25+,26-,27-;15-,16-,17-,18-,19+,21+,22-,23-/m0000/s1. The van der Waals surface area contributed by atoms with E-state index in [9.17, 15) is 39.6 Å². The Morgan fingerprint density at radius 2 is 0.690 bits per heavy atom. The Morgan fingerprint density at radius 1 is 0.357 bits per heavy atom. The van der Waals surface area contributed by atoms with Crippen LogP contribution in [-0.2, 0) is 45.4 Å². The number of para-hydroxylation sites is 1. The van der Waals surface area contributed by atoms with E-state index >= 15 is 0 Å². The van der Waals surface area contributed by atoms with Gasteiger partial charge in [-0.25, -0.2) is 4.68 Å². The number of Topliss-reactive ketones (excluding diaryl/α,β-unsaturated/α-hetero) is 4. The van der Waals surface area contributed by atoms with E-state index in [0.717, 1.165) is 172 Å². The van der Waals surface area contributed by atoms with E-state index in [0.29, 0.717) is 117 Å². The van der Waals surface area contributed by atoms with E-state index in [1.54, 1.807) is 20.2 Å². The van der Waals surface area contributed by atoms with Gasteiger partial charge in [0.05, 0.1) is 34.5 Å². The highest BCUT2D eigenvalue weighted by Crippen LogP contribution is 2.74. The molecular formula is C106H152N12O8. The molecule has 684 valence electrons. The Labute approximate surface area is 750 Å². The summed E-state index contributed by atoms with van der Waals surface area (Å²) in [5.41, 5.74) is 4.21. The number of carbonyl (C=O) groups excluding carboxylic acids is 4. The molecule has 16 aliphatic rings. The van der Waals surface area contributed by atoms with Crippen molar-refractivity contribution in [3.63, 3.8) is 0 Å². The third-order valence-electron chi connectivity index (χ3n) is 42.5. The predicted molar refractivity (Wildman–Crippen MR) is 486 cm³/mol. The van der Waals surface area contributed by atoms with Crippen molar-refractivity contribution < 1.29 is 39.6 Å². The summed E-state index contributed by atoms with van der Waals surface area (Å²) in [6.45, 7) is 29.2. The Bertz CT molecular complexity index is 5030. The van der Waals surface area contributed by atoms with Crippen molar-refractivity contribution in [1.29, 1.82) is 0 Å². The monoisotopic (exact) mass is 1720 g/mol. The Hall–Kier alpha value is -6.40. The van der Waals surface area contributed by atoms with E-state index in [1.807, 2.05) is 82.4 Å². The number of nitrogens with zero attached hydrogens (tertiary/aromatic N) is 12. The maximum atomic E-state index is 13.6. The summed E-state index contributed by atoms with van der Waals surface area (Å²) in [6, 6.07) is 17.6. The number of benzene rings is 2. The van der Waals surface area contributed by atoms with E-state index in [1.165, 1.54) is 140 Å². The van der Waals surface area contributed by atoms with Gasteiger partial charge in [-0.2, -0.15) is 24.9 Å². The number of terminal acetylenes is 1. The molecule has 6 aromatic rings. The van der Waals surface area contributed by atoms with Gasteiger partial charge in [-0.1, -0.05) is 84.9 Å². The number of fused-ring (bicyclic) bond motifs is 22. The van der Waals surface area contributed by atoms with Gasteiger partial charge in [-0.3, -0.25) is 23.9 Å². The molecule has 0 bridgehead atoms. The summed E-state index contributed by atoms with van der Waals surface area (Å²) >= 11 is 0. The van der Waals surface area contributed by atoms with Gasteiger partial charge >= 0.3 is 0 Å². The number of tetrazole rings is 1. The summed E-state index contributed by atoms with van der Waals surface area (Å²) in [6.07, 6.45) is 49.7. The summed E-state index contributed by atoms with van der Waals surface area (Å²) in [4.78, 5) is 56.7. The molecule has 20 heteroatoms. The lowest BCUT2D eigenvalue weighted by Crippen LogP contribution is -2.55. The summed E-state index contributed by atoms with van der Waals surface area (Å²) in [7, 11) is 0. The summed E-state index contributed by atoms with van der Waals surface area (Å²) < 4.78 is 3.53. The normalized spacial score (nSPS) is 46.2. The number of rotatable bonds is 12.